The van der Waals surface area contributed by atoms with Crippen LogP contribution >= 0.6 is 11.3 Å². The first-order valence-corrected chi connectivity index (χ1v) is 12.2. The molecule has 0 unspecified atom stereocenters. The molecule has 34 heavy (non-hydrogen) atoms. The van der Waals surface area contributed by atoms with Crippen LogP contribution in [0, 0.1) is 13.8 Å². The van der Waals surface area contributed by atoms with Crippen LogP contribution in [0.4, 0.5) is 5.69 Å². The molecule has 3 aromatic carbocycles. The fourth-order valence-corrected chi connectivity index (χ4v) is 4.51. The molecular formula is C29H28N2O2S. The monoisotopic (exact) mass is 468 g/mol. The lowest BCUT2D eigenvalue weighted by molar-refractivity contribution is -0.120. The minimum atomic E-state index is -0.0271. The van der Waals surface area contributed by atoms with Gasteiger partial charge < -0.3 is 10.2 Å². The molecule has 1 N–H and O–H groups in total. The minimum absolute atomic E-state index is 0.0260. The van der Waals surface area contributed by atoms with Crippen LogP contribution in [0.2, 0.25) is 0 Å². The number of nitrogens with zero attached hydrogens (tertiary/aromatic N) is 1. The second-order valence-corrected chi connectivity index (χ2v) is 9.35. The Morgan fingerprint density at radius 2 is 1.65 bits per heavy atom. The molecule has 1 aromatic heterocycles. The quantitative estimate of drug-likeness (QED) is 0.341. The van der Waals surface area contributed by atoms with Crippen molar-refractivity contribution in [3.05, 3.63) is 123 Å². The van der Waals surface area contributed by atoms with Gasteiger partial charge in [-0.1, -0.05) is 72.3 Å². The van der Waals surface area contributed by atoms with Crippen LogP contribution in [-0.2, 0) is 24.3 Å². The Kier molecular flexibility index (Phi) is 7.55. The molecular weight excluding hydrogens is 440 g/mol. The zero-order valence-corrected chi connectivity index (χ0v) is 20.3. The molecule has 0 atom stereocenters. The number of thiophene rings is 1. The second kappa shape index (κ2) is 10.9. The number of hydrogen-bond donors (Lipinski definition) is 1. The third-order valence-corrected chi connectivity index (χ3v) is 6.61. The van der Waals surface area contributed by atoms with Gasteiger partial charge in [0.15, 0.2) is 0 Å². The van der Waals surface area contributed by atoms with Crippen LogP contribution in [0.1, 0.15) is 37.5 Å². The molecule has 4 rings (SSSR count). The van der Waals surface area contributed by atoms with Gasteiger partial charge in [0.1, 0.15) is 0 Å². The highest BCUT2D eigenvalue weighted by atomic mass is 32.1. The lowest BCUT2D eigenvalue weighted by Crippen LogP contribution is -2.30. The van der Waals surface area contributed by atoms with Crippen LogP contribution in [-0.4, -0.2) is 11.8 Å². The number of benzene rings is 3. The third kappa shape index (κ3) is 6.00. The van der Waals surface area contributed by atoms with Crippen molar-refractivity contribution in [2.24, 2.45) is 0 Å². The van der Waals surface area contributed by atoms with Crippen molar-refractivity contribution >= 4 is 28.8 Å². The van der Waals surface area contributed by atoms with Gasteiger partial charge in [0, 0.05) is 12.2 Å². The zero-order valence-electron chi connectivity index (χ0n) is 19.5. The molecule has 2 amide bonds. The summed E-state index contributed by atoms with van der Waals surface area (Å²) in [7, 11) is 0. The zero-order chi connectivity index (χ0) is 23.9. The van der Waals surface area contributed by atoms with Crippen LogP contribution in [0.15, 0.2) is 90.3 Å². The average Bonchev–Trinajstić information content (AvgIpc) is 3.38. The van der Waals surface area contributed by atoms with Crippen molar-refractivity contribution < 1.29 is 9.59 Å². The fourth-order valence-electron chi connectivity index (χ4n) is 3.84. The smallest absolute Gasteiger partial charge is 0.268 e. The number of carbonyl (C=O) groups excluding carboxylic acids is 2. The van der Waals surface area contributed by atoms with E-state index in [2.05, 4.69) is 30.4 Å². The lowest BCUT2D eigenvalue weighted by atomic mass is 10.1. The van der Waals surface area contributed by atoms with Crippen LogP contribution < -0.4 is 10.2 Å². The Morgan fingerprint density at radius 3 is 2.35 bits per heavy atom. The van der Waals surface area contributed by atoms with Crippen molar-refractivity contribution in [2.75, 3.05) is 4.90 Å². The first-order chi connectivity index (χ1) is 16.5. The standard InChI is InChI=1S/C29H28N2O2S/c1-21-7-5-9-24(17-21)19-30-28(32)18-23-12-14-26(15-13-23)31(29(33)27-11-6-16-34-27)20-25-10-4-3-8-22(25)2/h3-17H,18-20H2,1-2H3,(H,30,32). The number of anilines is 1. The van der Waals surface area contributed by atoms with Gasteiger partial charge in [-0.15, -0.1) is 11.3 Å². The number of amides is 2. The van der Waals surface area contributed by atoms with E-state index in [1.807, 2.05) is 79.0 Å². The maximum Gasteiger partial charge on any atom is 0.268 e. The Hall–Kier alpha value is -3.70. The molecule has 172 valence electrons. The maximum atomic E-state index is 13.3. The lowest BCUT2D eigenvalue weighted by Gasteiger charge is -2.23. The number of aryl methyl sites for hydroxylation is 2. The highest BCUT2D eigenvalue weighted by molar-refractivity contribution is 7.12. The predicted octanol–water partition coefficient (Wildman–Crippen LogP) is 6.07. The predicted molar refractivity (Wildman–Crippen MR) is 139 cm³/mol. The van der Waals surface area contributed by atoms with Gasteiger partial charge in [-0.2, -0.15) is 0 Å². The first-order valence-electron chi connectivity index (χ1n) is 11.3. The Labute approximate surface area is 204 Å². The maximum absolute atomic E-state index is 13.3. The van der Waals surface area contributed by atoms with E-state index in [9.17, 15) is 9.59 Å². The molecule has 0 spiro atoms. The molecule has 0 saturated carbocycles. The van der Waals surface area contributed by atoms with Crippen molar-refractivity contribution in [1.29, 1.82) is 0 Å². The van der Waals surface area contributed by atoms with E-state index in [1.54, 1.807) is 4.90 Å². The summed E-state index contributed by atoms with van der Waals surface area (Å²) in [5.41, 5.74) is 6.23. The van der Waals surface area contributed by atoms with E-state index in [-0.39, 0.29) is 11.8 Å². The van der Waals surface area contributed by atoms with E-state index in [1.165, 1.54) is 16.9 Å². The summed E-state index contributed by atoms with van der Waals surface area (Å²) >= 11 is 1.44. The first kappa shape index (κ1) is 23.5. The van der Waals surface area contributed by atoms with E-state index in [0.717, 1.165) is 27.9 Å². The Bertz CT molecular complexity index is 1260. The van der Waals surface area contributed by atoms with Gasteiger partial charge in [-0.25, -0.2) is 0 Å². The highest BCUT2D eigenvalue weighted by Crippen LogP contribution is 2.24. The van der Waals surface area contributed by atoms with Crippen LogP contribution in [0.5, 0.6) is 0 Å². The van der Waals surface area contributed by atoms with Gasteiger partial charge >= 0.3 is 0 Å². The summed E-state index contributed by atoms with van der Waals surface area (Å²) in [5.74, 6) is -0.0532. The van der Waals surface area contributed by atoms with Crippen molar-refractivity contribution in [2.45, 2.75) is 33.4 Å². The largest absolute Gasteiger partial charge is 0.352 e. The van der Waals surface area contributed by atoms with Gasteiger partial charge in [0.2, 0.25) is 5.91 Å². The highest BCUT2D eigenvalue weighted by Gasteiger charge is 2.20. The van der Waals surface area contributed by atoms with Crippen molar-refractivity contribution in [3.8, 4) is 0 Å². The number of nitrogens with one attached hydrogen (secondary N) is 1. The van der Waals surface area contributed by atoms with Crippen LogP contribution in [0.25, 0.3) is 0 Å². The molecule has 4 nitrogen and oxygen atoms in total. The van der Waals surface area contributed by atoms with Crippen LogP contribution in [0.3, 0.4) is 0 Å². The second-order valence-electron chi connectivity index (χ2n) is 8.40. The summed E-state index contributed by atoms with van der Waals surface area (Å²) < 4.78 is 0. The number of carbonyl (C=O) groups is 2. The molecule has 0 fully saturated rings. The summed E-state index contributed by atoms with van der Waals surface area (Å²) in [6.07, 6.45) is 0.294. The molecule has 0 radical (unpaired) electrons. The Balaban J connectivity index is 1.46. The molecule has 0 aliphatic carbocycles. The third-order valence-electron chi connectivity index (χ3n) is 5.75. The fraction of sp³-hybridized carbons (Fsp3) is 0.172. The van der Waals surface area contributed by atoms with E-state index < -0.39 is 0 Å². The SMILES string of the molecule is Cc1cccc(CNC(=O)Cc2ccc(N(Cc3ccccc3C)C(=O)c3cccs3)cc2)c1. The van der Waals surface area contributed by atoms with Gasteiger partial charge in [-0.3, -0.25) is 9.59 Å². The van der Waals surface area contributed by atoms with E-state index >= 15 is 0 Å². The molecule has 0 saturated heterocycles. The molecule has 4 aromatic rings. The normalized spacial score (nSPS) is 10.6. The van der Waals surface area contributed by atoms with E-state index in [0.29, 0.717) is 24.4 Å². The number of hydrogen-bond acceptors (Lipinski definition) is 3. The molecule has 5 heteroatoms. The molecule has 0 bridgehead atoms. The summed E-state index contributed by atoms with van der Waals surface area (Å²) in [6.45, 7) is 5.10. The minimum Gasteiger partial charge on any atom is -0.352 e. The van der Waals surface area contributed by atoms with Gasteiger partial charge in [0.05, 0.1) is 17.8 Å². The molecule has 1 heterocycles. The van der Waals surface area contributed by atoms with E-state index in [4.69, 9.17) is 0 Å². The summed E-state index contributed by atoms with van der Waals surface area (Å²) in [6, 6.07) is 27.7. The van der Waals surface area contributed by atoms with Crippen molar-refractivity contribution in [3.63, 3.8) is 0 Å². The van der Waals surface area contributed by atoms with Crippen molar-refractivity contribution in [1.82, 2.24) is 5.32 Å². The summed E-state index contributed by atoms with van der Waals surface area (Å²) in [4.78, 5) is 28.3. The number of rotatable bonds is 8. The van der Waals surface area contributed by atoms with Gasteiger partial charge in [0.25, 0.3) is 5.91 Å². The average molecular weight is 469 g/mol. The summed E-state index contributed by atoms with van der Waals surface area (Å²) in [5, 5.41) is 4.90. The molecule has 0 aliphatic heterocycles. The topological polar surface area (TPSA) is 49.4 Å². The Morgan fingerprint density at radius 1 is 0.853 bits per heavy atom. The van der Waals surface area contributed by atoms with Gasteiger partial charge in [-0.05, 0) is 59.7 Å². The molecule has 0 aliphatic rings.